The Balaban J connectivity index is 1.27. The van der Waals surface area contributed by atoms with Crippen molar-refractivity contribution in [3.63, 3.8) is 0 Å². The van der Waals surface area contributed by atoms with Gasteiger partial charge >= 0.3 is 0 Å². The number of nitrogens with zero attached hydrogens (tertiary/aromatic N) is 5. The van der Waals surface area contributed by atoms with E-state index < -0.39 is 0 Å². The van der Waals surface area contributed by atoms with Crippen molar-refractivity contribution in [2.45, 2.75) is 0 Å². The summed E-state index contributed by atoms with van der Waals surface area (Å²) in [7, 11) is 0. The van der Waals surface area contributed by atoms with Crippen molar-refractivity contribution in [1.29, 1.82) is 15.8 Å². The first-order chi connectivity index (χ1) is 24.7. The van der Waals surface area contributed by atoms with Crippen LogP contribution >= 0.6 is 0 Å². The van der Waals surface area contributed by atoms with Gasteiger partial charge in [-0.3, -0.25) is 0 Å². The highest BCUT2D eigenvalue weighted by Crippen LogP contribution is 2.42. The second kappa shape index (κ2) is 11.4. The van der Waals surface area contributed by atoms with Crippen LogP contribution in [0.25, 0.3) is 77.2 Å². The smallest absolute Gasteiger partial charge is 0.101 e. The van der Waals surface area contributed by atoms with Crippen molar-refractivity contribution in [2.24, 2.45) is 0 Å². The Morgan fingerprint density at radius 3 is 1.68 bits per heavy atom. The molecule has 2 aromatic heterocycles. The number of rotatable bonds is 4. The van der Waals surface area contributed by atoms with Crippen LogP contribution in [0.2, 0.25) is 0 Å². The van der Waals surface area contributed by atoms with E-state index in [1.807, 2.05) is 59.2 Å². The number of hydrogen-bond donors (Lipinski definition) is 0. The monoisotopic (exact) mass is 635 g/mol. The molecule has 0 unspecified atom stereocenters. The van der Waals surface area contributed by atoms with Gasteiger partial charge < -0.3 is 9.13 Å². The average Bonchev–Trinajstić information content (AvgIpc) is 3.70. The Kier molecular flexibility index (Phi) is 6.56. The molecule has 9 rings (SSSR count). The topological polar surface area (TPSA) is 81.2 Å². The van der Waals surface area contributed by atoms with Gasteiger partial charge in [-0.2, -0.15) is 15.8 Å². The molecule has 0 amide bonds. The van der Waals surface area contributed by atoms with E-state index in [2.05, 4.69) is 108 Å². The van der Waals surface area contributed by atoms with E-state index in [0.29, 0.717) is 27.9 Å². The molecular formula is C45H25N5. The number of nitriles is 3. The summed E-state index contributed by atoms with van der Waals surface area (Å²) in [5.74, 6) is 0. The first-order valence-corrected chi connectivity index (χ1v) is 16.3. The Hall–Kier alpha value is -7.39. The third-order valence-electron chi connectivity index (χ3n) is 9.65. The SMILES string of the molecule is N#Cc1ccc2c(c1)c1cccc(C#N)c1n2-c1c(C#N)cccc1-c1ccccc1-c1ccc(-n2c3ccccc3c3ccccc32)cc1. The van der Waals surface area contributed by atoms with Crippen LogP contribution in [0.15, 0.2) is 152 Å². The highest BCUT2D eigenvalue weighted by Gasteiger charge is 2.22. The van der Waals surface area contributed by atoms with E-state index in [1.54, 1.807) is 12.1 Å². The molecule has 230 valence electrons. The van der Waals surface area contributed by atoms with Crippen molar-refractivity contribution in [3.8, 4) is 51.8 Å². The van der Waals surface area contributed by atoms with Gasteiger partial charge in [0.25, 0.3) is 0 Å². The van der Waals surface area contributed by atoms with Crippen LogP contribution in [0, 0.1) is 34.0 Å². The third kappa shape index (κ3) is 4.24. The van der Waals surface area contributed by atoms with Crippen molar-refractivity contribution in [1.82, 2.24) is 9.13 Å². The normalized spacial score (nSPS) is 11.1. The summed E-state index contributed by atoms with van der Waals surface area (Å²) in [5, 5.41) is 34.6. The molecular weight excluding hydrogens is 611 g/mol. The Morgan fingerprint density at radius 1 is 0.400 bits per heavy atom. The fourth-order valence-electron chi connectivity index (χ4n) is 7.51. The largest absolute Gasteiger partial charge is 0.309 e. The molecule has 0 N–H and O–H groups in total. The van der Waals surface area contributed by atoms with Gasteiger partial charge in [0.15, 0.2) is 0 Å². The van der Waals surface area contributed by atoms with Crippen molar-refractivity contribution < 1.29 is 0 Å². The minimum absolute atomic E-state index is 0.481. The van der Waals surface area contributed by atoms with Gasteiger partial charge in [-0.15, -0.1) is 0 Å². The highest BCUT2D eigenvalue weighted by molar-refractivity contribution is 6.12. The molecule has 7 aromatic carbocycles. The van der Waals surface area contributed by atoms with Gasteiger partial charge in [0, 0.05) is 32.8 Å². The molecule has 0 saturated heterocycles. The van der Waals surface area contributed by atoms with Crippen LogP contribution in [0.3, 0.4) is 0 Å². The maximum Gasteiger partial charge on any atom is 0.101 e. The Labute approximate surface area is 287 Å². The summed E-state index contributed by atoms with van der Waals surface area (Å²) in [4.78, 5) is 0. The fraction of sp³-hybridized carbons (Fsp3) is 0. The zero-order chi connectivity index (χ0) is 33.8. The molecule has 0 saturated carbocycles. The maximum atomic E-state index is 10.5. The van der Waals surface area contributed by atoms with E-state index in [-0.39, 0.29) is 0 Å². The van der Waals surface area contributed by atoms with Gasteiger partial charge in [0.1, 0.15) is 12.1 Å². The van der Waals surface area contributed by atoms with E-state index in [9.17, 15) is 15.8 Å². The molecule has 2 heterocycles. The first-order valence-electron chi connectivity index (χ1n) is 16.3. The number of benzene rings is 7. The zero-order valence-electron chi connectivity index (χ0n) is 26.7. The molecule has 0 bridgehead atoms. The summed E-state index contributed by atoms with van der Waals surface area (Å²) in [6.07, 6.45) is 0. The Morgan fingerprint density at radius 2 is 0.980 bits per heavy atom. The van der Waals surface area contributed by atoms with Gasteiger partial charge in [-0.05, 0) is 71.3 Å². The molecule has 0 fully saturated rings. The maximum absolute atomic E-state index is 10.5. The molecule has 0 spiro atoms. The quantitative estimate of drug-likeness (QED) is 0.193. The Bertz CT molecular complexity index is 2900. The molecule has 50 heavy (non-hydrogen) atoms. The van der Waals surface area contributed by atoms with Crippen molar-refractivity contribution in [2.75, 3.05) is 0 Å². The molecule has 0 aliphatic rings. The number of para-hydroxylation sites is 4. The van der Waals surface area contributed by atoms with E-state index in [0.717, 1.165) is 55.3 Å². The lowest BCUT2D eigenvalue weighted by Crippen LogP contribution is -2.02. The van der Waals surface area contributed by atoms with Crippen LogP contribution in [-0.2, 0) is 0 Å². The molecule has 5 heteroatoms. The molecule has 5 nitrogen and oxygen atoms in total. The molecule has 0 atom stereocenters. The average molecular weight is 636 g/mol. The predicted octanol–water partition coefficient (Wildman–Crippen LogP) is 10.8. The second-order valence-corrected chi connectivity index (χ2v) is 12.3. The number of fused-ring (bicyclic) bond motifs is 6. The minimum atomic E-state index is 0.481. The fourth-order valence-corrected chi connectivity index (χ4v) is 7.51. The van der Waals surface area contributed by atoms with Crippen LogP contribution < -0.4 is 0 Å². The van der Waals surface area contributed by atoms with Crippen LogP contribution in [0.4, 0.5) is 0 Å². The molecule has 9 aromatic rings. The molecule has 0 aliphatic heterocycles. The predicted molar refractivity (Wildman–Crippen MR) is 200 cm³/mol. The van der Waals surface area contributed by atoms with E-state index >= 15 is 0 Å². The molecule has 0 aliphatic carbocycles. The zero-order valence-corrected chi connectivity index (χ0v) is 26.7. The van der Waals surface area contributed by atoms with Gasteiger partial charge in [0.2, 0.25) is 0 Å². The van der Waals surface area contributed by atoms with Gasteiger partial charge in [-0.1, -0.05) is 97.1 Å². The van der Waals surface area contributed by atoms with Crippen molar-refractivity contribution in [3.05, 3.63) is 168 Å². The van der Waals surface area contributed by atoms with Crippen molar-refractivity contribution >= 4 is 43.6 Å². The standard InChI is InChI=1S/C45H25N5/c46-26-29-19-24-43-40(25-29)39-16-8-10-32(28-48)45(39)50(43)44-31(27-47)9-7-15-38(44)35-12-2-1-11-34(35)30-20-22-33(23-21-30)49-41-17-5-3-13-36(41)37-14-4-6-18-42(37)49/h1-25H. The number of hydrogen-bond acceptors (Lipinski definition) is 3. The lowest BCUT2D eigenvalue weighted by molar-refractivity contribution is 1.16. The van der Waals surface area contributed by atoms with Crippen LogP contribution in [-0.4, -0.2) is 9.13 Å². The first kappa shape index (κ1) is 28.8. The van der Waals surface area contributed by atoms with E-state index in [1.165, 1.54) is 10.8 Å². The lowest BCUT2D eigenvalue weighted by atomic mass is 9.92. The summed E-state index contributed by atoms with van der Waals surface area (Å²) >= 11 is 0. The third-order valence-corrected chi connectivity index (χ3v) is 9.65. The van der Waals surface area contributed by atoms with Gasteiger partial charge in [0.05, 0.1) is 50.5 Å². The summed E-state index contributed by atoms with van der Waals surface area (Å²) in [5.41, 5.74) is 11.0. The summed E-state index contributed by atoms with van der Waals surface area (Å²) in [6, 6.07) is 57.9. The second-order valence-electron chi connectivity index (χ2n) is 12.3. The summed E-state index contributed by atoms with van der Waals surface area (Å²) < 4.78 is 4.34. The van der Waals surface area contributed by atoms with Gasteiger partial charge in [-0.25, -0.2) is 0 Å². The summed E-state index contributed by atoms with van der Waals surface area (Å²) in [6.45, 7) is 0. The van der Waals surface area contributed by atoms with Crippen LogP contribution in [0.5, 0.6) is 0 Å². The lowest BCUT2D eigenvalue weighted by Gasteiger charge is -2.19. The minimum Gasteiger partial charge on any atom is -0.309 e. The van der Waals surface area contributed by atoms with E-state index in [4.69, 9.17) is 0 Å². The molecule has 0 radical (unpaired) electrons. The van der Waals surface area contributed by atoms with Crippen LogP contribution in [0.1, 0.15) is 16.7 Å². The number of aromatic nitrogens is 2. The highest BCUT2D eigenvalue weighted by atomic mass is 15.0.